The van der Waals surface area contributed by atoms with Crippen LogP contribution in [0.4, 0.5) is 17.6 Å². The summed E-state index contributed by atoms with van der Waals surface area (Å²) in [7, 11) is 2.08. The summed E-state index contributed by atoms with van der Waals surface area (Å²) in [5.74, 6) is 4.55. The lowest BCUT2D eigenvalue weighted by Gasteiger charge is -2.28. The van der Waals surface area contributed by atoms with Crippen LogP contribution in [0.15, 0.2) is 48.5 Å². The van der Waals surface area contributed by atoms with E-state index >= 15 is 0 Å². The summed E-state index contributed by atoms with van der Waals surface area (Å²) < 4.78 is 5.52. The van der Waals surface area contributed by atoms with Crippen molar-refractivity contribution in [3.05, 3.63) is 54.1 Å². The van der Waals surface area contributed by atoms with E-state index in [2.05, 4.69) is 54.5 Å². The standard InChI is InChI=1S/C23H30N10O2/c1-32-19(15-2-3-15)9-21(30-32)27-20-10-22(33-4-6-34-7-5-33)29-23(28-20)26-13-17-8-18(31-35-17)16-11-24-14-25-12-16/h8-12,14-15,18-19,30-31H,2-7,13H2,1H3,(H2,26,27,28,29). The summed E-state index contributed by atoms with van der Waals surface area (Å²) in [5.41, 5.74) is 7.34. The van der Waals surface area contributed by atoms with Gasteiger partial charge in [0.05, 0.1) is 31.8 Å². The third-order valence-corrected chi connectivity index (χ3v) is 6.53. The molecule has 0 spiro atoms. The molecule has 0 bridgehead atoms. The van der Waals surface area contributed by atoms with E-state index in [1.165, 1.54) is 19.2 Å². The van der Waals surface area contributed by atoms with Gasteiger partial charge >= 0.3 is 0 Å². The molecule has 1 saturated heterocycles. The lowest BCUT2D eigenvalue weighted by Crippen LogP contribution is -2.37. The molecule has 0 radical (unpaired) electrons. The fraction of sp³-hybridized carbons (Fsp3) is 0.478. The Morgan fingerprint density at radius 3 is 2.74 bits per heavy atom. The van der Waals surface area contributed by atoms with E-state index in [0.29, 0.717) is 31.7 Å². The Kier molecular flexibility index (Phi) is 6.06. The zero-order valence-corrected chi connectivity index (χ0v) is 19.6. The van der Waals surface area contributed by atoms with Crippen molar-refractivity contribution >= 4 is 17.6 Å². The van der Waals surface area contributed by atoms with Crippen molar-refractivity contribution in [3.8, 4) is 0 Å². The molecule has 4 aliphatic rings. The number of nitrogens with one attached hydrogen (secondary N) is 4. The summed E-state index contributed by atoms with van der Waals surface area (Å²) in [5, 5.41) is 8.92. The average Bonchev–Trinajstić information content (AvgIpc) is 3.51. The SMILES string of the molecule is CN1NC(Nc2cc(N3CCOCC3)nc(NCC3=CC(c4cncnc4)NO3)n2)=CC1C1CC1. The third-order valence-electron chi connectivity index (χ3n) is 6.53. The average molecular weight is 479 g/mol. The fourth-order valence-electron chi connectivity index (χ4n) is 4.50. The topological polar surface area (TPSA) is 125 Å². The van der Waals surface area contributed by atoms with Crippen molar-refractivity contribution in [1.82, 2.24) is 35.9 Å². The second-order valence-corrected chi connectivity index (χ2v) is 9.15. The lowest BCUT2D eigenvalue weighted by molar-refractivity contribution is 0.116. The zero-order valence-electron chi connectivity index (χ0n) is 19.6. The molecule has 2 fully saturated rings. The molecule has 3 aliphatic heterocycles. The molecular weight excluding hydrogens is 448 g/mol. The Morgan fingerprint density at radius 1 is 1.11 bits per heavy atom. The Balaban J connectivity index is 1.18. The molecule has 2 atom stereocenters. The number of likely N-dealkylation sites (N-methyl/N-ethyl adjacent to an activating group) is 1. The van der Waals surface area contributed by atoms with Crippen LogP contribution in [0.2, 0.25) is 0 Å². The molecule has 6 rings (SSSR count). The summed E-state index contributed by atoms with van der Waals surface area (Å²) in [6.45, 7) is 3.40. The second-order valence-electron chi connectivity index (χ2n) is 9.15. The van der Waals surface area contributed by atoms with E-state index in [-0.39, 0.29) is 6.04 Å². The third kappa shape index (κ3) is 5.14. The van der Waals surface area contributed by atoms with Crippen LogP contribution >= 0.6 is 0 Å². The minimum atomic E-state index is -0.0948. The van der Waals surface area contributed by atoms with E-state index in [1.54, 1.807) is 12.4 Å². The Hall–Kier alpha value is -3.48. The van der Waals surface area contributed by atoms with E-state index in [4.69, 9.17) is 19.5 Å². The van der Waals surface area contributed by atoms with Crippen LogP contribution in [0.5, 0.6) is 0 Å². The highest BCUT2D eigenvalue weighted by molar-refractivity contribution is 5.56. The van der Waals surface area contributed by atoms with Crippen LogP contribution in [0.1, 0.15) is 24.4 Å². The number of nitrogens with zero attached hydrogens (tertiary/aromatic N) is 6. The molecule has 5 heterocycles. The minimum Gasteiger partial charge on any atom is -0.411 e. The van der Waals surface area contributed by atoms with Crippen molar-refractivity contribution in [3.63, 3.8) is 0 Å². The van der Waals surface area contributed by atoms with Gasteiger partial charge in [-0.15, -0.1) is 5.48 Å². The summed E-state index contributed by atoms with van der Waals surface area (Å²) in [6.07, 6.45) is 11.9. The molecule has 4 N–H and O–H groups in total. The second kappa shape index (κ2) is 9.64. The lowest BCUT2D eigenvalue weighted by atomic mass is 10.1. The molecule has 2 aromatic rings. The van der Waals surface area contributed by atoms with Gasteiger partial charge in [-0.2, -0.15) is 9.97 Å². The van der Waals surface area contributed by atoms with Crippen molar-refractivity contribution in [2.75, 3.05) is 55.4 Å². The first kappa shape index (κ1) is 22.0. The van der Waals surface area contributed by atoms with Crippen LogP contribution in [0, 0.1) is 5.92 Å². The molecule has 12 nitrogen and oxygen atoms in total. The van der Waals surface area contributed by atoms with E-state index < -0.39 is 0 Å². The number of ether oxygens (including phenoxy) is 1. The summed E-state index contributed by atoms with van der Waals surface area (Å²) in [6, 6.07) is 2.31. The highest BCUT2D eigenvalue weighted by atomic mass is 16.7. The van der Waals surface area contributed by atoms with E-state index in [1.807, 2.05) is 12.1 Å². The van der Waals surface area contributed by atoms with Gasteiger partial charge < -0.3 is 30.5 Å². The van der Waals surface area contributed by atoms with Gasteiger partial charge in [0.1, 0.15) is 29.5 Å². The number of hydrogen-bond donors (Lipinski definition) is 4. The van der Waals surface area contributed by atoms with Gasteiger partial charge in [0.25, 0.3) is 0 Å². The molecule has 2 aromatic heterocycles. The van der Waals surface area contributed by atoms with E-state index in [0.717, 1.165) is 47.8 Å². The number of morpholine rings is 1. The van der Waals surface area contributed by atoms with Crippen LogP contribution in [-0.4, -0.2) is 70.9 Å². The Morgan fingerprint density at radius 2 is 1.94 bits per heavy atom. The van der Waals surface area contributed by atoms with Gasteiger partial charge in [-0.25, -0.2) is 15.0 Å². The first-order valence-corrected chi connectivity index (χ1v) is 12.0. The van der Waals surface area contributed by atoms with Crippen LogP contribution in [0.25, 0.3) is 0 Å². The van der Waals surface area contributed by atoms with Gasteiger partial charge in [0, 0.05) is 44.2 Å². The van der Waals surface area contributed by atoms with Crippen LogP contribution in [0.3, 0.4) is 0 Å². The first-order valence-electron chi connectivity index (χ1n) is 12.0. The molecule has 0 aromatic carbocycles. The van der Waals surface area contributed by atoms with Crippen LogP contribution in [-0.2, 0) is 9.57 Å². The predicted molar refractivity (Wildman–Crippen MR) is 130 cm³/mol. The largest absolute Gasteiger partial charge is 0.411 e. The highest BCUT2D eigenvalue weighted by Crippen LogP contribution is 2.37. The normalized spacial score (nSPS) is 24.4. The van der Waals surface area contributed by atoms with Crippen molar-refractivity contribution < 1.29 is 9.57 Å². The Bertz CT molecular complexity index is 1100. The van der Waals surface area contributed by atoms with E-state index in [9.17, 15) is 0 Å². The number of anilines is 3. The molecule has 1 saturated carbocycles. The first-order chi connectivity index (χ1) is 17.2. The minimum absolute atomic E-state index is 0.0948. The zero-order chi connectivity index (χ0) is 23.6. The maximum absolute atomic E-state index is 5.65. The maximum atomic E-state index is 5.65. The van der Waals surface area contributed by atoms with Gasteiger partial charge in [-0.3, -0.25) is 0 Å². The van der Waals surface area contributed by atoms with Gasteiger partial charge in [-0.1, -0.05) is 0 Å². The highest BCUT2D eigenvalue weighted by Gasteiger charge is 2.36. The molecule has 2 unspecified atom stereocenters. The monoisotopic (exact) mass is 478 g/mol. The van der Waals surface area contributed by atoms with Crippen molar-refractivity contribution in [1.29, 1.82) is 0 Å². The molecule has 184 valence electrons. The summed E-state index contributed by atoms with van der Waals surface area (Å²) in [4.78, 5) is 25.5. The Labute approximate surface area is 203 Å². The van der Waals surface area contributed by atoms with Gasteiger partial charge in [0.2, 0.25) is 5.95 Å². The maximum Gasteiger partial charge on any atom is 0.227 e. The number of hydrazine groups is 1. The van der Waals surface area contributed by atoms with Crippen molar-refractivity contribution in [2.45, 2.75) is 24.9 Å². The number of aromatic nitrogens is 4. The smallest absolute Gasteiger partial charge is 0.227 e. The number of hydroxylamine groups is 1. The fourth-order valence-corrected chi connectivity index (χ4v) is 4.50. The molecule has 1 aliphatic carbocycles. The number of rotatable bonds is 8. The molecule has 35 heavy (non-hydrogen) atoms. The van der Waals surface area contributed by atoms with Gasteiger partial charge in [0.15, 0.2) is 0 Å². The molecule has 0 amide bonds. The van der Waals surface area contributed by atoms with Crippen LogP contribution < -0.4 is 26.4 Å². The number of hydrogen-bond acceptors (Lipinski definition) is 12. The predicted octanol–water partition coefficient (Wildman–Crippen LogP) is 1.16. The van der Waals surface area contributed by atoms with Gasteiger partial charge in [-0.05, 0) is 30.9 Å². The molecular formula is C23H30N10O2. The van der Waals surface area contributed by atoms with Crippen molar-refractivity contribution in [2.24, 2.45) is 5.92 Å². The summed E-state index contributed by atoms with van der Waals surface area (Å²) >= 11 is 0. The quantitative estimate of drug-likeness (QED) is 0.435. The molecule has 12 heteroatoms.